The van der Waals surface area contributed by atoms with E-state index in [-0.39, 0.29) is 22.2 Å². The van der Waals surface area contributed by atoms with Crippen LogP contribution in [-0.2, 0) is 10.1 Å². The molecule has 5 N–H and O–H groups in total. The Morgan fingerprint density at radius 2 is 1.71 bits per heavy atom. The average molecular weight is 255 g/mol. The molecule has 0 aromatic heterocycles. The first-order chi connectivity index (χ1) is 7.80. The van der Waals surface area contributed by atoms with Crippen molar-refractivity contribution in [3.05, 3.63) is 24.3 Å². The molecule has 0 aliphatic carbocycles. The molecule has 2 aromatic rings. The molecule has 90 valence electrons. The van der Waals surface area contributed by atoms with Crippen LogP contribution < -0.4 is 5.73 Å². The summed E-state index contributed by atoms with van der Waals surface area (Å²) in [6, 6.07) is 4.63. The smallest absolute Gasteiger partial charge is 0.295 e. The van der Waals surface area contributed by atoms with E-state index in [4.69, 9.17) is 10.3 Å². The maximum absolute atomic E-state index is 11.1. The lowest BCUT2D eigenvalue weighted by atomic mass is 10.1. The molecule has 0 bridgehead atoms. The summed E-state index contributed by atoms with van der Waals surface area (Å²) in [6.45, 7) is 0. The third kappa shape index (κ3) is 1.85. The van der Waals surface area contributed by atoms with Gasteiger partial charge in [-0.1, -0.05) is 0 Å². The van der Waals surface area contributed by atoms with Crippen LogP contribution in [-0.4, -0.2) is 23.2 Å². The number of hydrogen-bond acceptors (Lipinski definition) is 5. The van der Waals surface area contributed by atoms with Crippen molar-refractivity contribution in [3.8, 4) is 11.5 Å². The zero-order chi connectivity index (χ0) is 12.8. The molecule has 6 nitrogen and oxygen atoms in total. The van der Waals surface area contributed by atoms with Gasteiger partial charge >= 0.3 is 0 Å². The number of rotatable bonds is 1. The Kier molecular flexibility index (Phi) is 2.37. The molecule has 0 aliphatic rings. The Balaban J connectivity index is 3.03. The molecule has 17 heavy (non-hydrogen) atoms. The van der Waals surface area contributed by atoms with Crippen molar-refractivity contribution in [3.63, 3.8) is 0 Å². The number of phenolic OH excluding ortho intramolecular Hbond substituents is 2. The zero-order valence-corrected chi connectivity index (χ0v) is 9.27. The molecular weight excluding hydrogens is 246 g/mol. The Morgan fingerprint density at radius 1 is 1.06 bits per heavy atom. The second-order valence-electron chi connectivity index (χ2n) is 3.51. The van der Waals surface area contributed by atoms with Gasteiger partial charge in [0.1, 0.15) is 16.4 Å². The highest BCUT2D eigenvalue weighted by atomic mass is 32.2. The van der Waals surface area contributed by atoms with E-state index in [0.29, 0.717) is 0 Å². The summed E-state index contributed by atoms with van der Waals surface area (Å²) in [7, 11) is -4.48. The number of phenols is 2. The van der Waals surface area contributed by atoms with Crippen LogP contribution in [0.2, 0.25) is 0 Å². The molecular formula is C10H9NO5S. The van der Waals surface area contributed by atoms with Gasteiger partial charge in [0.05, 0.1) is 5.69 Å². The van der Waals surface area contributed by atoms with Crippen LogP contribution in [0.15, 0.2) is 29.2 Å². The van der Waals surface area contributed by atoms with Gasteiger partial charge in [0.25, 0.3) is 10.1 Å². The van der Waals surface area contributed by atoms with E-state index in [2.05, 4.69) is 0 Å². The summed E-state index contributed by atoms with van der Waals surface area (Å²) < 4.78 is 31.3. The monoisotopic (exact) mass is 255 g/mol. The number of nitrogen functional groups attached to an aromatic ring is 1. The van der Waals surface area contributed by atoms with E-state index < -0.39 is 20.8 Å². The fraction of sp³-hybridized carbons (Fsp3) is 0. The third-order valence-corrected chi connectivity index (χ3v) is 3.27. The van der Waals surface area contributed by atoms with Crippen molar-refractivity contribution in [1.82, 2.24) is 0 Å². The van der Waals surface area contributed by atoms with Crippen molar-refractivity contribution in [2.75, 3.05) is 5.73 Å². The molecule has 0 spiro atoms. The van der Waals surface area contributed by atoms with E-state index >= 15 is 0 Å². The number of nitrogens with two attached hydrogens (primary N) is 1. The van der Waals surface area contributed by atoms with E-state index in [1.807, 2.05) is 0 Å². The predicted octanol–water partition coefficient (Wildman–Crippen LogP) is 1.08. The maximum atomic E-state index is 11.1. The minimum Gasteiger partial charge on any atom is -0.508 e. The quantitative estimate of drug-likeness (QED) is 0.344. The van der Waals surface area contributed by atoms with Crippen molar-refractivity contribution in [1.29, 1.82) is 0 Å². The van der Waals surface area contributed by atoms with Gasteiger partial charge in [-0.25, -0.2) is 0 Å². The Morgan fingerprint density at radius 3 is 2.29 bits per heavy atom. The molecule has 0 unspecified atom stereocenters. The molecule has 2 rings (SSSR count). The highest BCUT2D eigenvalue weighted by Gasteiger charge is 2.18. The normalized spacial score (nSPS) is 11.8. The van der Waals surface area contributed by atoms with Crippen LogP contribution in [0.25, 0.3) is 10.8 Å². The second-order valence-corrected chi connectivity index (χ2v) is 4.90. The molecule has 0 atom stereocenters. The van der Waals surface area contributed by atoms with Gasteiger partial charge in [0, 0.05) is 16.8 Å². The number of benzene rings is 2. The second kappa shape index (κ2) is 3.51. The fourth-order valence-corrected chi connectivity index (χ4v) is 2.32. The van der Waals surface area contributed by atoms with Crippen LogP contribution in [0.5, 0.6) is 11.5 Å². The van der Waals surface area contributed by atoms with E-state index in [0.717, 1.165) is 6.07 Å². The molecule has 0 heterocycles. The summed E-state index contributed by atoms with van der Waals surface area (Å²) in [6.07, 6.45) is 0. The van der Waals surface area contributed by atoms with Gasteiger partial charge in [0.15, 0.2) is 0 Å². The number of hydrogen-bond donors (Lipinski definition) is 4. The first-order valence-corrected chi connectivity index (χ1v) is 5.96. The Hall–Kier alpha value is -1.99. The molecule has 0 radical (unpaired) electrons. The van der Waals surface area contributed by atoms with Gasteiger partial charge < -0.3 is 15.9 Å². The van der Waals surface area contributed by atoms with Crippen LogP contribution in [0.4, 0.5) is 5.69 Å². The standard InChI is InChI=1S/C10H9NO5S/c11-10-7-3-5(12)1-2-6(7)9(4-8(10)13)17(14,15)16/h1-4,12-13H,11H2,(H,14,15,16). The SMILES string of the molecule is Nc1c(O)cc(S(=O)(=O)O)c2ccc(O)cc12. The lowest BCUT2D eigenvalue weighted by Crippen LogP contribution is -2.01. The van der Waals surface area contributed by atoms with Gasteiger partial charge in [-0.15, -0.1) is 0 Å². The van der Waals surface area contributed by atoms with Crippen LogP contribution in [0.1, 0.15) is 0 Å². The zero-order valence-electron chi connectivity index (χ0n) is 8.45. The lowest BCUT2D eigenvalue weighted by Gasteiger charge is -2.09. The van der Waals surface area contributed by atoms with Crippen LogP contribution in [0.3, 0.4) is 0 Å². The lowest BCUT2D eigenvalue weighted by molar-refractivity contribution is 0.469. The first kappa shape index (κ1) is 11.5. The van der Waals surface area contributed by atoms with Crippen molar-refractivity contribution < 1.29 is 23.2 Å². The third-order valence-electron chi connectivity index (χ3n) is 2.38. The molecule has 0 amide bonds. The maximum Gasteiger partial charge on any atom is 0.295 e. The largest absolute Gasteiger partial charge is 0.508 e. The molecule has 2 aromatic carbocycles. The van der Waals surface area contributed by atoms with Gasteiger partial charge in [-0.2, -0.15) is 8.42 Å². The van der Waals surface area contributed by atoms with Crippen molar-refractivity contribution >= 4 is 26.6 Å². The molecule has 7 heteroatoms. The van der Waals surface area contributed by atoms with Crippen LogP contribution >= 0.6 is 0 Å². The summed E-state index contributed by atoms with van der Waals surface area (Å²) in [5, 5.41) is 19.0. The number of aromatic hydroxyl groups is 2. The molecule has 0 fully saturated rings. The van der Waals surface area contributed by atoms with Gasteiger partial charge in [-0.3, -0.25) is 4.55 Å². The average Bonchev–Trinajstić information content (AvgIpc) is 2.22. The topological polar surface area (TPSA) is 121 Å². The van der Waals surface area contributed by atoms with Crippen LogP contribution in [0, 0.1) is 0 Å². The first-order valence-electron chi connectivity index (χ1n) is 4.52. The predicted molar refractivity (Wildman–Crippen MR) is 61.5 cm³/mol. The molecule has 0 aliphatic heterocycles. The van der Waals surface area contributed by atoms with Gasteiger partial charge in [0.2, 0.25) is 0 Å². The minimum atomic E-state index is -4.48. The number of anilines is 1. The molecule has 0 saturated carbocycles. The minimum absolute atomic E-state index is 0.0664. The number of fused-ring (bicyclic) bond motifs is 1. The van der Waals surface area contributed by atoms with Gasteiger partial charge in [-0.05, 0) is 18.2 Å². The molecule has 0 saturated heterocycles. The summed E-state index contributed by atoms with van der Waals surface area (Å²) in [5.74, 6) is -0.605. The van der Waals surface area contributed by atoms with Crippen molar-refractivity contribution in [2.45, 2.75) is 4.90 Å². The van der Waals surface area contributed by atoms with E-state index in [1.165, 1.54) is 18.2 Å². The summed E-state index contributed by atoms with van der Waals surface area (Å²) in [5.41, 5.74) is 5.50. The summed E-state index contributed by atoms with van der Waals surface area (Å²) in [4.78, 5) is -0.459. The van der Waals surface area contributed by atoms with E-state index in [1.54, 1.807) is 0 Å². The Labute approximate surface area is 96.7 Å². The van der Waals surface area contributed by atoms with Crippen molar-refractivity contribution in [2.24, 2.45) is 0 Å². The van der Waals surface area contributed by atoms with E-state index in [9.17, 15) is 18.6 Å². The highest BCUT2D eigenvalue weighted by molar-refractivity contribution is 7.86. The Bertz CT molecular complexity index is 708. The highest BCUT2D eigenvalue weighted by Crippen LogP contribution is 2.36. The fourth-order valence-electron chi connectivity index (χ4n) is 1.60. The summed E-state index contributed by atoms with van der Waals surface area (Å²) >= 11 is 0.